The molecule has 0 radical (unpaired) electrons. The average Bonchev–Trinajstić information content (AvgIpc) is 2.69. The Morgan fingerprint density at radius 1 is 1.12 bits per heavy atom. The Morgan fingerprint density at radius 2 is 1.85 bits per heavy atom. The fourth-order valence-corrected chi connectivity index (χ4v) is 3.04. The maximum Gasteiger partial charge on any atom is 0.246 e. The molecule has 0 aliphatic carbocycles. The molecule has 1 aromatic heterocycles. The highest BCUT2D eigenvalue weighted by Gasteiger charge is 2.19. The minimum absolute atomic E-state index is 0.0554. The number of piperazine rings is 1. The van der Waals surface area contributed by atoms with Crippen LogP contribution in [0.1, 0.15) is 18.1 Å². The van der Waals surface area contributed by atoms with Gasteiger partial charge in [0, 0.05) is 56.8 Å². The van der Waals surface area contributed by atoms with Gasteiger partial charge in [-0.3, -0.25) is 14.7 Å². The summed E-state index contributed by atoms with van der Waals surface area (Å²) in [7, 11) is 0. The number of benzene rings is 1. The topological polar surface area (TPSA) is 45.7 Å². The monoisotopic (exact) mass is 351 g/mol. The lowest BCUT2D eigenvalue weighted by Gasteiger charge is -2.34. The molecule has 0 N–H and O–H groups in total. The number of rotatable bonds is 6. The second-order valence-electron chi connectivity index (χ2n) is 6.26. The fourth-order valence-electron chi connectivity index (χ4n) is 3.04. The first-order chi connectivity index (χ1) is 12.8. The first kappa shape index (κ1) is 18.1. The molecule has 136 valence electrons. The molecule has 1 aromatic carbocycles. The van der Waals surface area contributed by atoms with Crippen molar-refractivity contribution in [2.45, 2.75) is 13.5 Å². The molecule has 0 spiro atoms. The lowest BCUT2D eigenvalue weighted by Crippen LogP contribution is -2.47. The standard InChI is InChI=1S/C21H25N3O2/c1-2-26-20-6-4-3-5-19(20)7-8-21(25)24-15-13-23(14-16-24)17-18-9-11-22-12-10-18/h3-12H,2,13-17H2,1H3/b8-7+. The van der Waals surface area contributed by atoms with Crippen molar-refractivity contribution in [3.63, 3.8) is 0 Å². The average molecular weight is 351 g/mol. The van der Waals surface area contributed by atoms with E-state index >= 15 is 0 Å². The Bertz CT molecular complexity index is 738. The highest BCUT2D eigenvalue weighted by atomic mass is 16.5. The third kappa shape index (κ3) is 4.92. The molecule has 1 saturated heterocycles. The van der Waals surface area contributed by atoms with Gasteiger partial charge in [0.25, 0.3) is 0 Å². The smallest absolute Gasteiger partial charge is 0.246 e. The molecule has 0 atom stereocenters. The van der Waals surface area contributed by atoms with Crippen LogP contribution in [0.25, 0.3) is 6.08 Å². The number of nitrogens with zero attached hydrogens (tertiary/aromatic N) is 3. The molecule has 3 rings (SSSR count). The first-order valence-corrected chi connectivity index (χ1v) is 9.06. The van der Waals surface area contributed by atoms with Gasteiger partial charge in [-0.15, -0.1) is 0 Å². The van der Waals surface area contributed by atoms with E-state index in [1.165, 1.54) is 5.56 Å². The third-order valence-corrected chi connectivity index (χ3v) is 4.46. The molecule has 1 amide bonds. The van der Waals surface area contributed by atoms with Crippen molar-refractivity contribution in [2.24, 2.45) is 0 Å². The zero-order chi connectivity index (χ0) is 18.2. The summed E-state index contributed by atoms with van der Waals surface area (Å²) in [4.78, 5) is 20.8. The van der Waals surface area contributed by atoms with Crippen LogP contribution in [-0.2, 0) is 11.3 Å². The van der Waals surface area contributed by atoms with Gasteiger partial charge in [0.15, 0.2) is 0 Å². The normalized spacial score (nSPS) is 15.3. The Labute approximate surface area is 154 Å². The van der Waals surface area contributed by atoms with E-state index in [9.17, 15) is 4.79 Å². The number of ether oxygens (including phenoxy) is 1. The Kier molecular flexibility index (Phi) is 6.39. The molecule has 1 aliphatic heterocycles. The third-order valence-electron chi connectivity index (χ3n) is 4.46. The highest BCUT2D eigenvalue weighted by Crippen LogP contribution is 2.19. The van der Waals surface area contributed by atoms with E-state index in [0.29, 0.717) is 6.61 Å². The van der Waals surface area contributed by atoms with E-state index in [1.54, 1.807) is 6.08 Å². The predicted octanol–water partition coefficient (Wildman–Crippen LogP) is 2.84. The number of pyridine rings is 1. The quantitative estimate of drug-likeness (QED) is 0.751. The molecular weight excluding hydrogens is 326 g/mol. The molecule has 2 heterocycles. The molecular formula is C21H25N3O2. The van der Waals surface area contributed by atoms with E-state index in [1.807, 2.05) is 66.7 Å². The SMILES string of the molecule is CCOc1ccccc1/C=C/C(=O)N1CCN(Cc2ccncc2)CC1. The van der Waals surface area contributed by atoms with Crippen LogP contribution >= 0.6 is 0 Å². The molecule has 1 aliphatic rings. The molecule has 5 heteroatoms. The van der Waals surface area contributed by atoms with Crippen molar-refractivity contribution in [3.8, 4) is 5.75 Å². The van der Waals surface area contributed by atoms with Crippen LogP contribution in [0.4, 0.5) is 0 Å². The van der Waals surface area contributed by atoms with Crippen molar-refractivity contribution in [1.29, 1.82) is 0 Å². The molecule has 1 fully saturated rings. The summed E-state index contributed by atoms with van der Waals surface area (Å²) in [6.07, 6.45) is 7.13. The number of hydrogen-bond donors (Lipinski definition) is 0. The molecule has 0 bridgehead atoms. The second kappa shape index (κ2) is 9.15. The number of aromatic nitrogens is 1. The van der Waals surface area contributed by atoms with Gasteiger partial charge >= 0.3 is 0 Å². The lowest BCUT2D eigenvalue weighted by molar-refractivity contribution is -0.127. The van der Waals surface area contributed by atoms with Gasteiger partial charge in [-0.05, 0) is 36.8 Å². The zero-order valence-electron chi connectivity index (χ0n) is 15.2. The van der Waals surface area contributed by atoms with Gasteiger partial charge < -0.3 is 9.64 Å². The van der Waals surface area contributed by atoms with Crippen molar-refractivity contribution in [3.05, 3.63) is 66.0 Å². The minimum Gasteiger partial charge on any atom is -0.493 e. The number of carbonyl (C=O) groups is 1. The maximum atomic E-state index is 12.5. The van der Waals surface area contributed by atoms with Crippen molar-refractivity contribution >= 4 is 12.0 Å². The van der Waals surface area contributed by atoms with Gasteiger partial charge in [0.1, 0.15) is 5.75 Å². The van der Waals surface area contributed by atoms with Crippen LogP contribution in [0.3, 0.4) is 0 Å². The fraction of sp³-hybridized carbons (Fsp3) is 0.333. The summed E-state index contributed by atoms with van der Waals surface area (Å²) in [6.45, 7) is 6.75. The molecule has 2 aromatic rings. The number of amides is 1. The maximum absolute atomic E-state index is 12.5. The predicted molar refractivity (Wildman–Crippen MR) is 103 cm³/mol. The van der Waals surface area contributed by atoms with Gasteiger partial charge in [0.2, 0.25) is 5.91 Å². The van der Waals surface area contributed by atoms with Crippen LogP contribution < -0.4 is 4.74 Å². The van der Waals surface area contributed by atoms with Gasteiger partial charge in [0.05, 0.1) is 6.61 Å². The molecule has 0 saturated carbocycles. The molecule has 0 unspecified atom stereocenters. The van der Waals surface area contributed by atoms with Crippen LogP contribution in [0.15, 0.2) is 54.9 Å². The number of carbonyl (C=O) groups excluding carboxylic acids is 1. The number of para-hydroxylation sites is 1. The summed E-state index contributed by atoms with van der Waals surface area (Å²) in [5.74, 6) is 0.862. The van der Waals surface area contributed by atoms with E-state index < -0.39 is 0 Å². The molecule has 26 heavy (non-hydrogen) atoms. The van der Waals surface area contributed by atoms with E-state index in [0.717, 1.165) is 44.0 Å². The first-order valence-electron chi connectivity index (χ1n) is 9.06. The van der Waals surface area contributed by atoms with Crippen molar-refractivity contribution in [1.82, 2.24) is 14.8 Å². The second-order valence-corrected chi connectivity index (χ2v) is 6.26. The Balaban J connectivity index is 1.52. The van der Waals surface area contributed by atoms with Crippen molar-refractivity contribution < 1.29 is 9.53 Å². The van der Waals surface area contributed by atoms with Gasteiger partial charge in [-0.2, -0.15) is 0 Å². The molecule has 5 nitrogen and oxygen atoms in total. The van der Waals surface area contributed by atoms with Crippen LogP contribution in [0, 0.1) is 0 Å². The zero-order valence-corrected chi connectivity index (χ0v) is 15.2. The van der Waals surface area contributed by atoms with E-state index in [-0.39, 0.29) is 5.91 Å². The van der Waals surface area contributed by atoms with Crippen LogP contribution in [0.2, 0.25) is 0 Å². The Hall–Kier alpha value is -2.66. The number of hydrogen-bond acceptors (Lipinski definition) is 4. The summed E-state index contributed by atoms with van der Waals surface area (Å²) < 4.78 is 5.60. The van der Waals surface area contributed by atoms with Crippen LogP contribution in [0.5, 0.6) is 5.75 Å². The summed E-state index contributed by atoms with van der Waals surface area (Å²) in [5.41, 5.74) is 2.19. The highest BCUT2D eigenvalue weighted by molar-refractivity contribution is 5.92. The summed E-state index contributed by atoms with van der Waals surface area (Å²) in [5, 5.41) is 0. The summed E-state index contributed by atoms with van der Waals surface area (Å²) in [6, 6.07) is 11.8. The van der Waals surface area contributed by atoms with E-state index in [4.69, 9.17) is 4.74 Å². The van der Waals surface area contributed by atoms with E-state index in [2.05, 4.69) is 9.88 Å². The van der Waals surface area contributed by atoms with Crippen LogP contribution in [-0.4, -0.2) is 53.5 Å². The van der Waals surface area contributed by atoms with Gasteiger partial charge in [-0.25, -0.2) is 0 Å². The van der Waals surface area contributed by atoms with Crippen molar-refractivity contribution in [2.75, 3.05) is 32.8 Å². The lowest BCUT2D eigenvalue weighted by atomic mass is 10.2. The Morgan fingerprint density at radius 3 is 2.58 bits per heavy atom. The summed E-state index contributed by atoms with van der Waals surface area (Å²) >= 11 is 0. The largest absolute Gasteiger partial charge is 0.493 e. The minimum atomic E-state index is 0.0554. The van der Waals surface area contributed by atoms with Gasteiger partial charge in [-0.1, -0.05) is 18.2 Å².